The molecule has 2 aliphatic carbocycles. The molecule has 0 spiro atoms. The minimum atomic E-state index is -0.802. The average molecular weight is 281 g/mol. The fourth-order valence-corrected chi connectivity index (χ4v) is 3.84. The highest BCUT2D eigenvalue weighted by Crippen LogP contribution is 2.39. The summed E-state index contributed by atoms with van der Waals surface area (Å²) in [5.41, 5.74) is -0.802. The van der Waals surface area contributed by atoms with Gasteiger partial charge in [-0.15, -0.1) is 0 Å². The monoisotopic (exact) mass is 281 g/mol. The summed E-state index contributed by atoms with van der Waals surface area (Å²) in [7, 11) is 0. The van der Waals surface area contributed by atoms with Crippen molar-refractivity contribution in [1.82, 2.24) is 5.32 Å². The molecule has 2 atom stereocenters. The summed E-state index contributed by atoms with van der Waals surface area (Å²) in [6.07, 6.45) is 8.09. The van der Waals surface area contributed by atoms with Crippen LogP contribution in [0.2, 0.25) is 0 Å². The van der Waals surface area contributed by atoms with Gasteiger partial charge in [0.25, 0.3) is 0 Å². The smallest absolute Gasteiger partial charge is 0.310 e. The Morgan fingerprint density at radius 1 is 1.15 bits per heavy atom. The molecule has 0 aromatic carbocycles. The second-order valence-corrected chi connectivity index (χ2v) is 6.80. The summed E-state index contributed by atoms with van der Waals surface area (Å²) < 4.78 is 0. The minimum Gasteiger partial charge on any atom is -0.481 e. The summed E-state index contributed by atoms with van der Waals surface area (Å²) in [6, 6.07) is 0. The second kappa shape index (κ2) is 6.59. The molecule has 20 heavy (non-hydrogen) atoms. The molecule has 2 unspecified atom stereocenters. The topological polar surface area (TPSA) is 66.4 Å². The van der Waals surface area contributed by atoms with E-state index in [0.29, 0.717) is 24.7 Å². The molecule has 0 bridgehead atoms. The van der Waals surface area contributed by atoms with E-state index in [-0.39, 0.29) is 12.3 Å². The lowest BCUT2D eigenvalue weighted by atomic mass is 9.71. The normalized spacial score (nSPS) is 29.1. The van der Waals surface area contributed by atoms with Crippen LogP contribution in [0.15, 0.2) is 0 Å². The Morgan fingerprint density at radius 2 is 1.85 bits per heavy atom. The maximum atomic E-state index is 12.1. The van der Waals surface area contributed by atoms with Gasteiger partial charge >= 0.3 is 5.97 Å². The predicted octanol–water partition coefficient (Wildman–Crippen LogP) is 2.96. The summed E-state index contributed by atoms with van der Waals surface area (Å²) in [6.45, 7) is 2.96. The fraction of sp³-hybridized carbons (Fsp3) is 0.875. The Balaban J connectivity index is 1.84. The van der Waals surface area contributed by atoms with E-state index < -0.39 is 11.4 Å². The van der Waals surface area contributed by atoms with Crippen molar-refractivity contribution in [2.24, 2.45) is 17.3 Å². The van der Waals surface area contributed by atoms with Crippen LogP contribution in [-0.2, 0) is 9.59 Å². The van der Waals surface area contributed by atoms with Crippen LogP contribution in [0.25, 0.3) is 0 Å². The second-order valence-electron chi connectivity index (χ2n) is 6.80. The number of carbonyl (C=O) groups excluding carboxylic acids is 1. The Bertz CT molecular complexity index is 361. The number of aliphatic carboxylic acids is 1. The number of carboxylic acid groups (broad SMARTS) is 1. The van der Waals surface area contributed by atoms with Gasteiger partial charge in [-0.25, -0.2) is 0 Å². The Morgan fingerprint density at radius 3 is 2.40 bits per heavy atom. The lowest BCUT2D eigenvalue weighted by Gasteiger charge is -2.32. The lowest BCUT2D eigenvalue weighted by Crippen LogP contribution is -2.40. The first-order valence-corrected chi connectivity index (χ1v) is 8.04. The van der Waals surface area contributed by atoms with Crippen molar-refractivity contribution in [1.29, 1.82) is 0 Å². The van der Waals surface area contributed by atoms with E-state index >= 15 is 0 Å². The van der Waals surface area contributed by atoms with Gasteiger partial charge in [-0.1, -0.05) is 39.0 Å². The highest BCUT2D eigenvalue weighted by atomic mass is 16.4. The van der Waals surface area contributed by atoms with Gasteiger partial charge in [0.05, 0.1) is 5.41 Å². The zero-order valence-corrected chi connectivity index (χ0v) is 12.5. The van der Waals surface area contributed by atoms with E-state index in [1.54, 1.807) is 0 Å². The number of rotatable bonds is 5. The molecule has 4 nitrogen and oxygen atoms in total. The van der Waals surface area contributed by atoms with Crippen molar-refractivity contribution in [3.63, 3.8) is 0 Å². The zero-order chi connectivity index (χ0) is 14.6. The van der Waals surface area contributed by atoms with Crippen molar-refractivity contribution < 1.29 is 14.7 Å². The molecule has 114 valence electrons. The van der Waals surface area contributed by atoms with Gasteiger partial charge in [-0.3, -0.25) is 9.59 Å². The van der Waals surface area contributed by atoms with Gasteiger partial charge in [0.1, 0.15) is 0 Å². The van der Waals surface area contributed by atoms with Crippen molar-refractivity contribution in [3.05, 3.63) is 0 Å². The number of carboxylic acids is 1. The van der Waals surface area contributed by atoms with Gasteiger partial charge in [0, 0.05) is 13.0 Å². The molecule has 1 amide bonds. The molecular weight excluding hydrogens is 254 g/mol. The van der Waals surface area contributed by atoms with E-state index in [0.717, 1.165) is 25.8 Å². The first-order valence-electron chi connectivity index (χ1n) is 8.04. The maximum Gasteiger partial charge on any atom is 0.310 e. The van der Waals surface area contributed by atoms with Crippen molar-refractivity contribution >= 4 is 11.9 Å². The molecule has 2 rings (SSSR count). The number of amides is 1. The molecule has 2 fully saturated rings. The van der Waals surface area contributed by atoms with Crippen LogP contribution in [0, 0.1) is 17.3 Å². The first kappa shape index (κ1) is 15.3. The summed E-state index contributed by atoms with van der Waals surface area (Å²) >= 11 is 0. The van der Waals surface area contributed by atoms with E-state index in [1.165, 1.54) is 19.3 Å². The number of hydrogen-bond acceptors (Lipinski definition) is 2. The Hall–Kier alpha value is -1.06. The van der Waals surface area contributed by atoms with Gasteiger partial charge in [-0.05, 0) is 31.1 Å². The van der Waals surface area contributed by atoms with Gasteiger partial charge < -0.3 is 10.4 Å². The lowest BCUT2D eigenvalue weighted by molar-refractivity contribution is -0.154. The van der Waals surface area contributed by atoms with Crippen LogP contribution in [0.3, 0.4) is 0 Å². The standard InChI is InChI=1S/C16H27NO3/c1-12-6-5-7-13(12)11-17-14(18)10-16(15(19)20)8-3-2-4-9-16/h12-13H,2-11H2,1H3,(H,17,18)(H,19,20). The maximum absolute atomic E-state index is 12.1. The molecule has 0 aromatic rings. The molecular formula is C16H27NO3. The molecule has 0 aromatic heterocycles. The van der Waals surface area contributed by atoms with Crippen molar-refractivity contribution in [2.45, 2.75) is 64.7 Å². The molecule has 0 radical (unpaired) electrons. The van der Waals surface area contributed by atoms with Crippen LogP contribution < -0.4 is 5.32 Å². The number of nitrogens with one attached hydrogen (secondary N) is 1. The SMILES string of the molecule is CC1CCCC1CNC(=O)CC1(C(=O)O)CCCCC1. The highest BCUT2D eigenvalue weighted by molar-refractivity contribution is 5.85. The highest BCUT2D eigenvalue weighted by Gasteiger charge is 2.41. The first-order chi connectivity index (χ1) is 9.53. The summed E-state index contributed by atoms with van der Waals surface area (Å²) in [5, 5.41) is 12.5. The van der Waals surface area contributed by atoms with Crippen LogP contribution in [-0.4, -0.2) is 23.5 Å². The van der Waals surface area contributed by atoms with E-state index in [9.17, 15) is 14.7 Å². The van der Waals surface area contributed by atoms with Crippen LogP contribution in [0.1, 0.15) is 64.7 Å². The largest absolute Gasteiger partial charge is 0.481 e. The fourth-order valence-electron chi connectivity index (χ4n) is 3.84. The minimum absolute atomic E-state index is 0.0756. The third-order valence-corrected chi connectivity index (χ3v) is 5.36. The molecule has 2 saturated carbocycles. The molecule has 0 saturated heterocycles. The van der Waals surface area contributed by atoms with Crippen molar-refractivity contribution in [2.75, 3.05) is 6.54 Å². The van der Waals surface area contributed by atoms with Gasteiger partial charge in [0.2, 0.25) is 5.91 Å². The molecule has 2 N–H and O–H groups in total. The van der Waals surface area contributed by atoms with Crippen LogP contribution >= 0.6 is 0 Å². The molecule has 2 aliphatic rings. The third kappa shape index (κ3) is 3.53. The predicted molar refractivity (Wildman–Crippen MR) is 77.3 cm³/mol. The number of hydrogen-bond donors (Lipinski definition) is 2. The zero-order valence-electron chi connectivity index (χ0n) is 12.5. The van der Waals surface area contributed by atoms with Gasteiger partial charge in [0.15, 0.2) is 0 Å². The van der Waals surface area contributed by atoms with Crippen LogP contribution in [0.5, 0.6) is 0 Å². The summed E-state index contributed by atoms with van der Waals surface area (Å²) in [5.74, 6) is 0.388. The van der Waals surface area contributed by atoms with E-state index in [4.69, 9.17) is 0 Å². The number of carbonyl (C=O) groups is 2. The van der Waals surface area contributed by atoms with Crippen LogP contribution in [0.4, 0.5) is 0 Å². The average Bonchev–Trinajstić information content (AvgIpc) is 2.83. The van der Waals surface area contributed by atoms with E-state index in [1.807, 2.05) is 0 Å². The van der Waals surface area contributed by atoms with Crippen molar-refractivity contribution in [3.8, 4) is 0 Å². The molecule has 4 heteroatoms. The third-order valence-electron chi connectivity index (χ3n) is 5.36. The Kier molecular flexibility index (Phi) is 5.06. The Labute approximate surface area is 121 Å². The quantitative estimate of drug-likeness (QED) is 0.814. The molecule has 0 aliphatic heterocycles. The molecule has 0 heterocycles. The summed E-state index contributed by atoms with van der Waals surface area (Å²) in [4.78, 5) is 23.7. The van der Waals surface area contributed by atoms with E-state index in [2.05, 4.69) is 12.2 Å². The van der Waals surface area contributed by atoms with Gasteiger partial charge in [-0.2, -0.15) is 0 Å².